The van der Waals surface area contributed by atoms with Gasteiger partial charge >= 0.3 is 5.97 Å². The molecule has 0 saturated carbocycles. The molecule has 0 radical (unpaired) electrons. The maximum absolute atomic E-state index is 10.4. The molecule has 60 valence electrons. The Balaban J connectivity index is 2.87. The number of carbonyl (C=O) groups is 1. The van der Waals surface area contributed by atoms with Crippen LogP contribution in [-0.4, -0.2) is 23.3 Å². The van der Waals surface area contributed by atoms with Crippen LogP contribution < -0.4 is 5.32 Å². The van der Waals surface area contributed by atoms with E-state index < -0.39 is 5.97 Å². The van der Waals surface area contributed by atoms with E-state index in [2.05, 4.69) is 15.0 Å². The van der Waals surface area contributed by atoms with Crippen molar-refractivity contribution >= 4 is 5.97 Å². The molecule has 0 aliphatic carbocycles. The second-order valence-corrected chi connectivity index (χ2v) is 2.00. The Bertz CT molecular complexity index is 256. The van der Waals surface area contributed by atoms with Crippen LogP contribution in [0.25, 0.3) is 0 Å². The molecule has 1 rings (SSSR count). The summed E-state index contributed by atoms with van der Waals surface area (Å²) in [4.78, 5) is 10.4. The van der Waals surface area contributed by atoms with Crippen molar-refractivity contribution in [3.63, 3.8) is 0 Å². The maximum Gasteiger partial charge on any atom is 0.341 e. The number of carboxylic acid groups (broad SMARTS) is 1. The topological polar surface area (TPSA) is 75.4 Å². The fourth-order valence-electron chi connectivity index (χ4n) is 0.726. The van der Waals surface area contributed by atoms with Gasteiger partial charge in [0.1, 0.15) is 5.56 Å². The number of hydrogen-bond acceptors (Lipinski definition) is 4. The van der Waals surface area contributed by atoms with Gasteiger partial charge in [-0.05, 0) is 7.05 Å². The lowest BCUT2D eigenvalue weighted by Crippen LogP contribution is -2.08. The smallest absolute Gasteiger partial charge is 0.341 e. The van der Waals surface area contributed by atoms with Crippen LogP contribution in [0.1, 0.15) is 16.1 Å². The van der Waals surface area contributed by atoms with Crippen LogP contribution in [-0.2, 0) is 6.54 Å². The number of aromatic carboxylic acids is 1. The highest BCUT2D eigenvalue weighted by Crippen LogP contribution is 2.06. The molecule has 0 aliphatic heterocycles. The van der Waals surface area contributed by atoms with Gasteiger partial charge in [-0.2, -0.15) is 0 Å². The Kier molecular flexibility index (Phi) is 2.22. The number of nitrogens with one attached hydrogen (secondary N) is 1. The predicted molar refractivity (Wildman–Crippen MR) is 36.2 cm³/mol. The van der Waals surface area contributed by atoms with Gasteiger partial charge in [0.25, 0.3) is 0 Å². The Morgan fingerprint density at radius 1 is 1.91 bits per heavy atom. The lowest BCUT2D eigenvalue weighted by atomic mass is 10.2. The van der Waals surface area contributed by atoms with Crippen LogP contribution in [0.2, 0.25) is 0 Å². The lowest BCUT2D eigenvalue weighted by molar-refractivity contribution is 0.0694. The summed E-state index contributed by atoms with van der Waals surface area (Å²) in [5.74, 6) is -0.670. The van der Waals surface area contributed by atoms with Gasteiger partial charge in [-0.15, -0.1) is 0 Å². The molecule has 0 spiro atoms. The molecule has 5 heteroatoms. The molecule has 0 saturated heterocycles. The molecular formula is C6H8N2O3. The molecule has 1 aromatic heterocycles. The number of rotatable bonds is 3. The summed E-state index contributed by atoms with van der Waals surface area (Å²) in [6.45, 7) is 0.377. The van der Waals surface area contributed by atoms with Gasteiger partial charge in [0.15, 0.2) is 5.76 Å². The van der Waals surface area contributed by atoms with E-state index in [0.29, 0.717) is 12.3 Å². The molecule has 2 N–H and O–H groups in total. The molecule has 5 nitrogen and oxygen atoms in total. The molecular weight excluding hydrogens is 148 g/mol. The first kappa shape index (κ1) is 7.74. The SMILES string of the molecule is CNCc1oncc1C(=O)O. The largest absolute Gasteiger partial charge is 0.478 e. The fraction of sp³-hybridized carbons (Fsp3) is 0.333. The normalized spacial score (nSPS) is 9.91. The zero-order valence-electron chi connectivity index (χ0n) is 6.00. The Morgan fingerprint density at radius 2 is 2.64 bits per heavy atom. The van der Waals surface area contributed by atoms with Crippen molar-refractivity contribution in [2.24, 2.45) is 0 Å². The average molecular weight is 156 g/mol. The summed E-state index contributed by atoms with van der Waals surface area (Å²) < 4.78 is 4.67. The molecule has 0 atom stereocenters. The predicted octanol–water partition coefficient (Wildman–Crippen LogP) is 0.0922. The van der Waals surface area contributed by atoms with Gasteiger partial charge in [0.2, 0.25) is 0 Å². The zero-order chi connectivity index (χ0) is 8.27. The summed E-state index contributed by atoms with van der Waals surface area (Å²) in [6, 6.07) is 0. The van der Waals surface area contributed by atoms with E-state index in [1.165, 1.54) is 6.20 Å². The molecule has 0 aromatic carbocycles. The lowest BCUT2D eigenvalue weighted by Gasteiger charge is -1.93. The first-order valence-corrected chi connectivity index (χ1v) is 3.07. The summed E-state index contributed by atoms with van der Waals surface area (Å²) in [5.41, 5.74) is 0.111. The van der Waals surface area contributed by atoms with Crippen molar-refractivity contribution in [3.8, 4) is 0 Å². The summed E-state index contributed by atoms with van der Waals surface area (Å²) >= 11 is 0. The molecule has 0 aliphatic rings. The van der Waals surface area contributed by atoms with Gasteiger partial charge < -0.3 is 14.9 Å². The standard InChI is InChI=1S/C6H8N2O3/c1-7-3-5-4(6(9)10)2-8-11-5/h2,7H,3H2,1H3,(H,9,10). The second-order valence-electron chi connectivity index (χ2n) is 2.00. The second kappa shape index (κ2) is 3.16. The Morgan fingerprint density at radius 3 is 3.18 bits per heavy atom. The van der Waals surface area contributed by atoms with Crippen LogP contribution >= 0.6 is 0 Å². The van der Waals surface area contributed by atoms with Gasteiger partial charge in [-0.1, -0.05) is 5.16 Å². The first-order valence-electron chi connectivity index (χ1n) is 3.07. The van der Waals surface area contributed by atoms with Gasteiger partial charge in [0, 0.05) is 0 Å². The number of carboxylic acids is 1. The molecule has 1 heterocycles. The zero-order valence-corrected chi connectivity index (χ0v) is 6.00. The fourth-order valence-corrected chi connectivity index (χ4v) is 0.726. The third-order valence-electron chi connectivity index (χ3n) is 1.21. The molecule has 1 aromatic rings. The van der Waals surface area contributed by atoms with Crippen LogP contribution in [0.3, 0.4) is 0 Å². The summed E-state index contributed by atoms with van der Waals surface area (Å²) in [6.07, 6.45) is 1.19. The third-order valence-corrected chi connectivity index (χ3v) is 1.21. The van der Waals surface area contributed by atoms with E-state index in [9.17, 15) is 4.79 Å². The van der Waals surface area contributed by atoms with E-state index in [1.807, 2.05) is 0 Å². The van der Waals surface area contributed by atoms with E-state index in [0.717, 1.165) is 0 Å². The minimum absolute atomic E-state index is 0.111. The van der Waals surface area contributed by atoms with Gasteiger partial charge in [0.05, 0.1) is 12.7 Å². The van der Waals surface area contributed by atoms with E-state index >= 15 is 0 Å². The highest BCUT2D eigenvalue weighted by molar-refractivity contribution is 5.88. The van der Waals surface area contributed by atoms with Crippen molar-refractivity contribution in [1.82, 2.24) is 10.5 Å². The van der Waals surface area contributed by atoms with Crippen molar-refractivity contribution in [2.45, 2.75) is 6.54 Å². The van der Waals surface area contributed by atoms with Crippen LogP contribution in [0.4, 0.5) is 0 Å². The monoisotopic (exact) mass is 156 g/mol. The van der Waals surface area contributed by atoms with Gasteiger partial charge in [-0.3, -0.25) is 0 Å². The molecule has 0 amide bonds. The number of nitrogens with zero attached hydrogens (tertiary/aromatic N) is 1. The van der Waals surface area contributed by atoms with E-state index in [4.69, 9.17) is 5.11 Å². The summed E-state index contributed by atoms with van der Waals surface area (Å²) in [5, 5.41) is 14.7. The number of hydrogen-bond donors (Lipinski definition) is 2. The average Bonchev–Trinajstić information content (AvgIpc) is 2.36. The van der Waals surface area contributed by atoms with Crippen LogP contribution in [0, 0.1) is 0 Å². The van der Waals surface area contributed by atoms with Crippen LogP contribution in [0.5, 0.6) is 0 Å². The number of aromatic nitrogens is 1. The molecule has 0 bridgehead atoms. The third kappa shape index (κ3) is 1.56. The van der Waals surface area contributed by atoms with Crippen molar-refractivity contribution in [2.75, 3.05) is 7.05 Å². The summed E-state index contributed by atoms with van der Waals surface area (Å²) in [7, 11) is 1.70. The highest BCUT2D eigenvalue weighted by atomic mass is 16.5. The van der Waals surface area contributed by atoms with E-state index in [-0.39, 0.29) is 5.56 Å². The molecule has 0 fully saturated rings. The quantitative estimate of drug-likeness (QED) is 0.648. The van der Waals surface area contributed by atoms with Crippen molar-refractivity contribution < 1.29 is 14.4 Å². The minimum atomic E-state index is -1.02. The minimum Gasteiger partial charge on any atom is -0.478 e. The molecule has 11 heavy (non-hydrogen) atoms. The van der Waals surface area contributed by atoms with Crippen LogP contribution in [0.15, 0.2) is 10.7 Å². The highest BCUT2D eigenvalue weighted by Gasteiger charge is 2.13. The maximum atomic E-state index is 10.4. The first-order chi connectivity index (χ1) is 5.25. The van der Waals surface area contributed by atoms with Crippen molar-refractivity contribution in [3.05, 3.63) is 17.5 Å². The van der Waals surface area contributed by atoms with Gasteiger partial charge in [-0.25, -0.2) is 4.79 Å². The van der Waals surface area contributed by atoms with Crippen molar-refractivity contribution in [1.29, 1.82) is 0 Å². The molecule has 0 unspecified atom stereocenters. The Labute approximate surface area is 63.0 Å². The van der Waals surface area contributed by atoms with E-state index in [1.54, 1.807) is 7.05 Å². The Hall–Kier alpha value is -1.36.